The Labute approximate surface area is 192 Å². The first-order valence-electron chi connectivity index (χ1n) is 9.15. The SMILES string of the molecule is C[C@](O)(CS(=O)(=O)c1ccc(F)cc1)C(=O)Nc1ccc(C(F)(C(F)(F)F)C(F)(F)F)c(C#N)c1. The van der Waals surface area contributed by atoms with Gasteiger partial charge in [-0.2, -0.15) is 31.6 Å². The summed E-state index contributed by atoms with van der Waals surface area (Å²) in [6.45, 7) is 0.739. The summed E-state index contributed by atoms with van der Waals surface area (Å²) in [5.41, 5.74) is -12.8. The van der Waals surface area contributed by atoms with Crippen molar-refractivity contribution in [2.24, 2.45) is 0 Å². The van der Waals surface area contributed by atoms with Crippen molar-refractivity contribution in [2.75, 3.05) is 11.1 Å². The monoisotopic (exact) mass is 530 g/mol. The molecule has 1 amide bonds. The maximum Gasteiger partial charge on any atom is 0.435 e. The van der Waals surface area contributed by atoms with E-state index in [1.807, 2.05) is 5.32 Å². The van der Waals surface area contributed by atoms with Gasteiger partial charge in [0.1, 0.15) is 5.82 Å². The van der Waals surface area contributed by atoms with Gasteiger partial charge in [0.2, 0.25) is 0 Å². The minimum Gasteiger partial charge on any atom is -0.379 e. The van der Waals surface area contributed by atoms with E-state index in [9.17, 15) is 53.4 Å². The Balaban J connectivity index is 2.37. The molecule has 0 radical (unpaired) electrons. The number of anilines is 1. The Hall–Kier alpha value is -3.25. The first-order valence-corrected chi connectivity index (χ1v) is 10.8. The predicted octanol–water partition coefficient (Wildman–Crippen LogP) is 4.15. The van der Waals surface area contributed by atoms with Crippen molar-refractivity contribution in [3.63, 3.8) is 0 Å². The highest BCUT2D eigenvalue weighted by Crippen LogP contribution is 2.54. The molecule has 0 aromatic heterocycles. The second-order valence-corrected chi connectivity index (χ2v) is 9.46. The van der Waals surface area contributed by atoms with Gasteiger partial charge in [-0.3, -0.25) is 4.79 Å². The predicted molar refractivity (Wildman–Crippen MR) is 104 cm³/mol. The van der Waals surface area contributed by atoms with Crippen LogP contribution < -0.4 is 5.32 Å². The fourth-order valence-corrected chi connectivity index (χ4v) is 4.50. The Morgan fingerprint density at radius 3 is 1.97 bits per heavy atom. The van der Waals surface area contributed by atoms with E-state index < -0.39 is 72.6 Å². The molecule has 0 unspecified atom stereocenters. The molecule has 0 heterocycles. The molecule has 1 atom stereocenters. The van der Waals surface area contributed by atoms with Gasteiger partial charge in [0.15, 0.2) is 15.4 Å². The van der Waals surface area contributed by atoms with Gasteiger partial charge >= 0.3 is 18.0 Å². The Kier molecular flexibility index (Phi) is 7.26. The number of rotatable bonds is 6. The molecule has 0 aliphatic heterocycles. The average molecular weight is 530 g/mol. The third-order valence-electron chi connectivity index (χ3n) is 4.68. The molecule has 0 aliphatic rings. The molecule has 190 valence electrons. The zero-order valence-electron chi connectivity index (χ0n) is 17.3. The fourth-order valence-electron chi connectivity index (χ4n) is 2.91. The highest BCUT2D eigenvalue weighted by atomic mass is 32.2. The number of benzene rings is 2. The first-order chi connectivity index (χ1) is 15.8. The largest absolute Gasteiger partial charge is 0.435 e. The van der Waals surface area contributed by atoms with Crippen LogP contribution in [0.15, 0.2) is 47.4 Å². The maximum absolute atomic E-state index is 14.3. The number of nitrogens with zero attached hydrogens (tertiary/aromatic N) is 1. The summed E-state index contributed by atoms with van der Waals surface area (Å²) in [6.07, 6.45) is -13.0. The quantitative estimate of drug-likeness (QED) is 0.431. The van der Waals surface area contributed by atoms with E-state index in [2.05, 4.69) is 0 Å². The van der Waals surface area contributed by atoms with Crippen LogP contribution in [0.4, 0.5) is 40.8 Å². The molecule has 2 aromatic rings. The maximum atomic E-state index is 14.3. The number of carbonyl (C=O) groups is 1. The van der Waals surface area contributed by atoms with Gasteiger partial charge in [0.05, 0.1) is 22.3 Å². The number of amides is 1. The van der Waals surface area contributed by atoms with E-state index in [0.717, 1.165) is 37.3 Å². The molecular formula is C20H14F8N2O4S. The number of sulfone groups is 1. The molecule has 2 aromatic carbocycles. The van der Waals surface area contributed by atoms with Crippen LogP contribution in [0.1, 0.15) is 18.1 Å². The number of hydrogen-bond acceptors (Lipinski definition) is 5. The lowest BCUT2D eigenvalue weighted by Gasteiger charge is -2.31. The number of nitrogens with one attached hydrogen (secondary N) is 1. The molecule has 0 spiro atoms. The molecule has 0 saturated heterocycles. The van der Waals surface area contributed by atoms with Crippen LogP contribution in [0.3, 0.4) is 0 Å². The smallest absolute Gasteiger partial charge is 0.379 e. The molecular weight excluding hydrogens is 516 g/mol. The van der Waals surface area contributed by atoms with Crippen molar-refractivity contribution < 1.29 is 53.4 Å². The molecule has 0 saturated carbocycles. The zero-order chi connectivity index (χ0) is 27.0. The van der Waals surface area contributed by atoms with Crippen LogP contribution >= 0.6 is 0 Å². The van der Waals surface area contributed by atoms with Gasteiger partial charge < -0.3 is 10.4 Å². The van der Waals surface area contributed by atoms with Gasteiger partial charge in [0.25, 0.3) is 5.91 Å². The van der Waals surface area contributed by atoms with Crippen LogP contribution in [0.25, 0.3) is 0 Å². The summed E-state index contributed by atoms with van der Waals surface area (Å²) in [5, 5.41) is 21.2. The van der Waals surface area contributed by atoms with Crippen LogP contribution in [0.5, 0.6) is 0 Å². The van der Waals surface area contributed by atoms with Gasteiger partial charge in [-0.15, -0.1) is 0 Å². The summed E-state index contributed by atoms with van der Waals surface area (Å²) in [6, 6.07) is 5.00. The molecule has 2 N–H and O–H groups in total. The summed E-state index contributed by atoms with van der Waals surface area (Å²) in [4.78, 5) is 11.9. The van der Waals surface area contributed by atoms with E-state index in [0.29, 0.717) is 12.1 Å². The first kappa shape index (κ1) is 28.0. The van der Waals surface area contributed by atoms with E-state index in [-0.39, 0.29) is 6.07 Å². The standard InChI is InChI=1S/C20H14F8N2O4S/c1-17(32,10-35(33,34)14-5-2-12(21)3-6-14)16(31)30-13-4-7-15(11(8-13)9-29)18(22,19(23,24)25)20(26,27)28/h2-8,32H,10H2,1H3,(H,30,31)/t17-/m0/s1. The normalized spacial score (nSPS) is 14.7. The summed E-state index contributed by atoms with van der Waals surface area (Å²) >= 11 is 0. The van der Waals surface area contributed by atoms with Gasteiger partial charge in [-0.05, 0) is 43.3 Å². The van der Waals surface area contributed by atoms with Crippen LogP contribution in [-0.4, -0.2) is 43.1 Å². The number of aliphatic hydroxyl groups is 1. The topological polar surface area (TPSA) is 107 Å². The van der Waals surface area contributed by atoms with Gasteiger partial charge in [-0.25, -0.2) is 17.2 Å². The van der Waals surface area contributed by atoms with Gasteiger partial charge in [-0.1, -0.05) is 6.07 Å². The molecule has 0 aliphatic carbocycles. The highest BCUT2D eigenvalue weighted by Gasteiger charge is 2.74. The Morgan fingerprint density at radius 1 is 1.00 bits per heavy atom. The van der Waals surface area contributed by atoms with Crippen molar-refractivity contribution in [3.8, 4) is 6.07 Å². The van der Waals surface area contributed by atoms with Crippen molar-refractivity contribution >= 4 is 21.4 Å². The van der Waals surface area contributed by atoms with Gasteiger partial charge in [0, 0.05) is 11.3 Å². The Morgan fingerprint density at radius 2 is 1.51 bits per heavy atom. The van der Waals surface area contributed by atoms with E-state index in [1.165, 1.54) is 0 Å². The lowest BCUT2D eigenvalue weighted by atomic mass is 9.90. The van der Waals surface area contributed by atoms with E-state index in [1.54, 1.807) is 0 Å². The van der Waals surface area contributed by atoms with Crippen molar-refractivity contribution in [1.29, 1.82) is 5.26 Å². The summed E-state index contributed by atoms with van der Waals surface area (Å²) < 4.78 is 130. The Bertz CT molecular complexity index is 1250. The van der Waals surface area contributed by atoms with Crippen molar-refractivity contribution in [1.82, 2.24) is 0 Å². The minimum absolute atomic E-state index is 0.0148. The van der Waals surface area contributed by atoms with Crippen LogP contribution in [0, 0.1) is 17.1 Å². The third-order valence-corrected chi connectivity index (χ3v) is 6.62. The van der Waals surface area contributed by atoms with Crippen LogP contribution in [-0.2, 0) is 20.3 Å². The third kappa shape index (κ3) is 5.54. The van der Waals surface area contributed by atoms with E-state index >= 15 is 0 Å². The second kappa shape index (κ2) is 9.08. The summed E-state index contributed by atoms with van der Waals surface area (Å²) in [5.74, 6) is -3.49. The number of carbonyl (C=O) groups excluding carboxylic acids is 1. The molecule has 0 fully saturated rings. The minimum atomic E-state index is -6.49. The molecule has 2 rings (SSSR count). The van der Waals surface area contributed by atoms with E-state index in [4.69, 9.17) is 5.26 Å². The second-order valence-electron chi connectivity index (χ2n) is 7.47. The van der Waals surface area contributed by atoms with Crippen molar-refractivity contribution in [3.05, 3.63) is 59.4 Å². The average Bonchev–Trinajstić information content (AvgIpc) is 2.71. The molecule has 0 bridgehead atoms. The fraction of sp³-hybridized carbons (Fsp3) is 0.300. The number of hydrogen-bond donors (Lipinski definition) is 2. The lowest BCUT2D eigenvalue weighted by molar-refractivity contribution is -0.348. The number of halogens is 8. The lowest BCUT2D eigenvalue weighted by Crippen LogP contribution is -2.50. The van der Waals surface area contributed by atoms with Crippen molar-refractivity contribution in [2.45, 2.75) is 35.4 Å². The highest BCUT2D eigenvalue weighted by molar-refractivity contribution is 7.91. The van der Waals surface area contributed by atoms with Crippen LogP contribution in [0.2, 0.25) is 0 Å². The summed E-state index contributed by atoms with van der Waals surface area (Å²) in [7, 11) is -4.37. The molecule has 15 heteroatoms. The molecule has 35 heavy (non-hydrogen) atoms. The number of alkyl halides is 7. The zero-order valence-corrected chi connectivity index (χ0v) is 18.1. The molecule has 6 nitrogen and oxygen atoms in total. The number of nitriles is 1.